The van der Waals surface area contributed by atoms with Gasteiger partial charge in [-0.25, -0.2) is 0 Å². The molecule has 0 aromatic rings. The number of hydrogen-bond donors (Lipinski definition) is 1. The summed E-state index contributed by atoms with van der Waals surface area (Å²) in [5, 5.41) is 11.0. The summed E-state index contributed by atoms with van der Waals surface area (Å²) in [6.07, 6.45) is 14.0. The molecule has 3 nitrogen and oxygen atoms in total. The van der Waals surface area contributed by atoms with Crippen molar-refractivity contribution in [1.29, 1.82) is 0 Å². The van der Waals surface area contributed by atoms with Crippen LogP contribution in [0, 0.1) is 46.3 Å². The van der Waals surface area contributed by atoms with Crippen LogP contribution in [0.4, 0.5) is 0 Å². The van der Waals surface area contributed by atoms with E-state index in [0.717, 1.165) is 30.8 Å². The van der Waals surface area contributed by atoms with Gasteiger partial charge >= 0.3 is 0 Å². The first-order valence-electron chi connectivity index (χ1n) is 13.0. The summed E-state index contributed by atoms with van der Waals surface area (Å²) in [6, 6.07) is 0. The Labute approximate surface area is 183 Å². The standard InChI is InChI=1S/C27H42O3/c1-16-13-23(28)27(29-15-16)17(2)24-22(30-27)14-21-19-9-8-18-7-5-6-11-25(18,3)20(19)10-12-26(21,24)4/h8,16-17,19-24,28H,5-7,9-15H2,1-4H3/t16-,17+,19-,20+,21+,22+,23+,24+,25+,26+,27+/m1/s1. The maximum absolute atomic E-state index is 11.0. The number of aliphatic hydroxyl groups is 1. The highest BCUT2D eigenvalue weighted by molar-refractivity contribution is 5.25. The van der Waals surface area contributed by atoms with Gasteiger partial charge in [0, 0.05) is 5.92 Å². The molecule has 0 unspecified atom stereocenters. The monoisotopic (exact) mass is 414 g/mol. The van der Waals surface area contributed by atoms with Crippen LogP contribution in [-0.4, -0.2) is 29.7 Å². The maximum Gasteiger partial charge on any atom is 0.197 e. The second-order valence-electron chi connectivity index (χ2n) is 12.6. The highest BCUT2D eigenvalue weighted by atomic mass is 16.7. The van der Waals surface area contributed by atoms with Crippen LogP contribution in [-0.2, 0) is 9.47 Å². The van der Waals surface area contributed by atoms with Crippen LogP contribution in [0.5, 0.6) is 0 Å². The molecule has 3 heteroatoms. The number of allylic oxidation sites excluding steroid dienone is 2. The summed E-state index contributed by atoms with van der Waals surface area (Å²) in [6.45, 7) is 10.4. The van der Waals surface area contributed by atoms with E-state index in [4.69, 9.17) is 9.47 Å². The molecule has 2 heterocycles. The predicted molar refractivity (Wildman–Crippen MR) is 118 cm³/mol. The zero-order valence-electron chi connectivity index (χ0n) is 19.5. The van der Waals surface area contributed by atoms with Crippen molar-refractivity contribution in [3.63, 3.8) is 0 Å². The fraction of sp³-hybridized carbons (Fsp3) is 0.926. The van der Waals surface area contributed by atoms with E-state index >= 15 is 0 Å². The summed E-state index contributed by atoms with van der Waals surface area (Å²) in [4.78, 5) is 0. The Balaban J connectivity index is 1.30. The van der Waals surface area contributed by atoms with E-state index in [1.165, 1.54) is 51.4 Å². The summed E-state index contributed by atoms with van der Waals surface area (Å²) in [5.74, 6) is 2.93. The molecule has 2 saturated heterocycles. The number of rotatable bonds is 0. The number of aliphatic hydroxyl groups excluding tert-OH is 1. The highest BCUT2D eigenvalue weighted by Crippen LogP contribution is 2.70. The van der Waals surface area contributed by atoms with E-state index in [2.05, 4.69) is 33.8 Å². The zero-order valence-corrected chi connectivity index (χ0v) is 19.5. The molecule has 0 amide bonds. The molecule has 6 aliphatic rings. The number of hydrogen-bond acceptors (Lipinski definition) is 3. The van der Waals surface area contributed by atoms with Crippen LogP contribution in [0.3, 0.4) is 0 Å². The minimum atomic E-state index is -0.748. The topological polar surface area (TPSA) is 38.7 Å². The summed E-state index contributed by atoms with van der Waals surface area (Å²) in [5.41, 5.74) is 2.59. The SMILES string of the molecule is C[C@H]1CO[C@@]2(O[C@H]3C[C@H]4[C@@H]5CC=C6CCCC[C@]6(C)[C@H]5CC[C@]4(C)[C@H]3[C@@H]2C)[C@@H](O)C1. The van der Waals surface area contributed by atoms with Crippen LogP contribution in [0.15, 0.2) is 11.6 Å². The Kier molecular flexibility index (Phi) is 4.44. The van der Waals surface area contributed by atoms with E-state index in [1.54, 1.807) is 5.57 Å². The van der Waals surface area contributed by atoms with Crippen molar-refractivity contribution < 1.29 is 14.6 Å². The first-order valence-corrected chi connectivity index (χ1v) is 13.0. The molecule has 1 spiro atoms. The van der Waals surface area contributed by atoms with Crippen molar-refractivity contribution >= 4 is 0 Å². The van der Waals surface area contributed by atoms with Crippen molar-refractivity contribution in [1.82, 2.24) is 0 Å². The molecule has 0 bridgehead atoms. The lowest BCUT2D eigenvalue weighted by Crippen LogP contribution is -2.56. The minimum Gasteiger partial charge on any atom is -0.387 e. The third kappa shape index (κ3) is 2.44. The van der Waals surface area contributed by atoms with Crippen LogP contribution < -0.4 is 0 Å². The van der Waals surface area contributed by atoms with Crippen LogP contribution in [0.25, 0.3) is 0 Å². The van der Waals surface area contributed by atoms with E-state index in [1.807, 2.05) is 0 Å². The molecule has 0 aromatic carbocycles. The molecule has 5 fully saturated rings. The average molecular weight is 415 g/mol. The Morgan fingerprint density at radius 3 is 2.70 bits per heavy atom. The predicted octanol–water partition coefficient (Wildman–Crippen LogP) is 5.71. The molecule has 168 valence electrons. The van der Waals surface area contributed by atoms with Gasteiger partial charge in [-0.2, -0.15) is 0 Å². The van der Waals surface area contributed by atoms with Crippen LogP contribution >= 0.6 is 0 Å². The first-order chi connectivity index (χ1) is 14.3. The van der Waals surface area contributed by atoms with Gasteiger partial charge in [0.2, 0.25) is 0 Å². The van der Waals surface area contributed by atoms with Gasteiger partial charge in [0.25, 0.3) is 0 Å². The fourth-order valence-corrected chi connectivity index (χ4v) is 9.86. The summed E-state index contributed by atoms with van der Waals surface area (Å²) in [7, 11) is 0. The second-order valence-corrected chi connectivity index (χ2v) is 12.6. The largest absolute Gasteiger partial charge is 0.387 e. The molecule has 6 rings (SSSR count). The third-order valence-electron chi connectivity index (χ3n) is 11.3. The van der Waals surface area contributed by atoms with Crippen molar-refractivity contribution in [2.24, 2.45) is 46.3 Å². The van der Waals surface area contributed by atoms with Gasteiger partial charge in [0.1, 0.15) is 6.10 Å². The molecular weight excluding hydrogens is 372 g/mol. The van der Waals surface area contributed by atoms with Crippen LogP contribution in [0.1, 0.15) is 85.5 Å². The van der Waals surface area contributed by atoms with Crippen LogP contribution in [0.2, 0.25) is 0 Å². The molecule has 0 aromatic heterocycles. The molecule has 1 N–H and O–H groups in total. The second kappa shape index (κ2) is 6.58. The van der Waals surface area contributed by atoms with Crippen molar-refractivity contribution in [2.45, 2.75) is 103 Å². The highest BCUT2D eigenvalue weighted by Gasteiger charge is 2.70. The Bertz CT molecular complexity index is 746. The van der Waals surface area contributed by atoms with Gasteiger partial charge in [-0.1, -0.05) is 45.8 Å². The Hall–Kier alpha value is -0.380. The van der Waals surface area contributed by atoms with Gasteiger partial charge in [-0.15, -0.1) is 0 Å². The smallest absolute Gasteiger partial charge is 0.197 e. The number of ether oxygens (including phenoxy) is 2. The van der Waals surface area contributed by atoms with Gasteiger partial charge in [0.05, 0.1) is 12.7 Å². The van der Waals surface area contributed by atoms with E-state index in [-0.39, 0.29) is 12.0 Å². The molecule has 3 saturated carbocycles. The molecule has 11 atom stereocenters. The molecule has 30 heavy (non-hydrogen) atoms. The zero-order chi connectivity index (χ0) is 20.9. The van der Waals surface area contributed by atoms with E-state index in [9.17, 15) is 5.11 Å². The van der Waals surface area contributed by atoms with E-state index in [0.29, 0.717) is 22.7 Å². The normalized spacial score (nSPS) is 59.8. The molecular formula is C27H42O3. The fourth-order valence-electron chi connectivity index (χ4n) is 9.86. The molecule has 2 aliphatic heterocycles. The first kappa shape index (κ1) is 20.2. The lowest BCUT2D eigenvalue weighted by molar-refractivity contribution is -0.316. The Morgan fingerprint density at radius 2 is 1.90 bits per heavy atom. The Morgan fingerprint density at radius 1 is 1.07 bits per heavy atom. The quantitative estimate of drug-likeness (QED) is 0.516. The number of fused-ring (bicyclic) bond motifs is 7. The molecule has 4 aliphatic carbocycles. The lowest BCUT2D eigenvalue weighted by Gasteiger charge is -2.58. The molecule has 0 radical (unpaired) electrons. The third-order valence-corrected chi connectivity index (χ3v) is 11.3. The average Bonchev–Trinajstić information content (AvgIpc) is 3.16. The van der Waals surface area contributed by atoms with Gasteiger partial charge < -0.3 is 14.6 Å². The van der Waals surface area contributed by atoms with E-state index < -0.39 is 11.9 Å². The van der Waals surface area contributed by atoms with Gasteiger partial charge in [0.15, 0.2) is 5.79 Å². The van der Waals surface area contributed by atoms with Crippen molar-refractivity contribution in [2.75, 3.05) is 6.61 Å². The summed E-state index contributed by atoms with van der Waals surface area (Å²) >= 11 is 0. The van der Waals surface area contributed by atoms with Crippen molar-refractivity contribution in [3.8, 4) is 0 Å². The van der Waals surface area contributed by atoms with Crippen molar-refractivity contribution in [3.05, 3.63) is 11.6 Å². The van der Waals surface area contributed by atoms with Gasteiger partial charge in [-0.05, 0) is 91.8 Å². The lowest BCUT2D eigenvalue weighted by atomic mass is 9.47. The maximum atomic E-state index is 11.0. The minimum absolute atomic E-state index is 0.265. The van der Waals surface area contributed by atoms with Gasteiger partial charge in [-0.3, -0.25) is 0 Å². The summed E-state index contributed by atoms with van der Waals surface area (Å²) < 4.78 is 13.1.